The highest BCUT2D eigenvalue weighted by atomic mass is 16.5. The Kier molecular flexibility index (Phi) is 5.58. The van der Waals surface area contributed by atoms with Crippen LogP contribution < -0.4 is 15.7 Å². The van der Waals surface area contributed by atoms with Gasteiger partial charge in [0, 0.05) is 27.7 Å². The van der Waals surface area contributed by atoms with Crippen LogP contribution in [-0.2, 0) is 5.41 Å². The van der Waals surface area contributed by atoms with Crippen LogP contribution in [0.25, 0.3) is 22.3 Å². The molecular weight excluding hydrogens is 426 g/mol. The van der Waals surface area contributed by atoms with E-state index < -0.39 is 14.2 Å². The molecule has 4 N–H and O–H groups in total. The topological polar surface area (TPSA) is 90.2 Å². The first-order chi connectivity index (χ1) is 16.3. The van der Waals surface area contributed by atoms with Crippen molar-refractivity contribution in [1.29, 1.82) is 0 Å². The lowest BCUT2D eigenvalue weighted by atomic mass is 9.73. The van der Waals surface area contributed by atoms with Gasteiger partial charge in [-0.3, -0.25) is 0 Å². The third-order valence-corrected chi connectivity index (χ3v) is 6.62. The Morgan fingerprint density at radius 1 is 0.559 bits per heavy atom. The molecule has 0 unspecified atom stereocenters. The van der Waals surface area contributed by atoms with Crippen LogP contribution in [0.5, 0.6) is 11.5 Å². The number of para-hydroxylation sites is 2. The van der Waals surface area contributed by atoms with Crippen molar-refractivity contribution >= 4 is 25.2 Å². The molecule has 168 valence electrons. The van der Waals surface area contributed by atoms with E-state index in [0.717, 1.165) is 44.9 Å². The minimum Gasteiger partial charge on any atom is -0.455 e. The highest BCUT2D eigenvalue weighted by Gasteiger charge is 2.36. The molecule has 0 bridgehead atoms. The molecule has 0 saturated carbocycles. The average Bonchev–Trinajstić information content (AvgIpc) is 2.84. The van der Waals surface area contributed by atoms with Crippen molar-refractivity contribution < 1.29 is 24.8 Å². The SMILES string of the molecule is CC1(C)c2cccc(-c3ccc(B(O)O)cc3)c2Oc2c(-c3ccc(B(O)O)cc3)cccc21. The molecule has 4 aromatic rings. The van der Waals surface area contributed by atoms with E-state index in [4.69, 9.17) is 4.74 Å². The maximum atomic E-state index is 9.44. The number of fused-ring (bicyclic) bond motifs is 2. The number of rotatable bonds is 4. The van der Waals surface area contributed by atoms with Gasteiger partial charge < -0.3 is 24.8 Å². The van der Waals surface area contributed by atoms with Gasteiger partial charge in [0.15, 0.2) is 0 Å². The van der Waals surface area contributed by atoms with Crippen LogP contribution in [0.3, 0.4) is 0 Å². The highest BCUT2D eigenvalue weighted by Crippen LogP contribution is 2.53. The van der Waals surface area contributed by atoms with Crippen LogP contribution in [0.2, 0.25) is 0 Å². The van der Waals surface area contributed by atoms with E-state index in [1.165, 1.54) is 0 Å². The largest absolute Gasteiger partial charge is 0.488 e. The number of hydrogen-bond donors (Lipinski definition) is 4. The van der Waals surface area contributed by atoms with E-state index in [2.05, 4.69) is 26.0 Å². The Labute approximate surface area is 199 Å². The van der Waals surface area contributed by atoms with E-state index in [0.29, 0.717) is 10.9 Å². The summed E-state index contributed by atoms with van der Waals surface area (Å²) < 4.78 is 6.64. The summed E-state index contributed by atoms with van der Waals surface area (Å²) in [6.45, 7) is 4.36. The third-order valence-electron chi connectivity index (χ3n) is 6.62. The van der Waals surface area contributed by atoms with Crippen LogP contribution in [0, 0.1) is 0 Å². The van der Waals surface area contributed by atoms with Crippen molar-refractivity contribution in [2.75, 3.05) is 0 Å². The number of ether oxygens (including phenoxy) is 1. The van der Waals surface area contributed by atoms with Gasteiger partial charge in [-0.1, -0.05) is 98.8 Å². The maximum Gasteiger partial charge on any atom is 0.488 e. The molecule has 7 heteroatoms. The second-order valence-corrected chi connectivity index (χ2v) is 9.08. The molecule has 0 atom stereocenters. The lowest BCUT2D eigenvalue weighted by Gasteiger charge is -2.36. The Morgan fingerprint density at radius 3 is 1.29 bits per heavy atom. The van der Waals surface area contributed by atoms with Crippen molar-refractivity contribution in [1.82, 2.24) is 0 Å². The maximum absolute atomic E-state index is 9.44. The Hall–Kier alpha value is -3.35. The molecule has 0 amide bonds. The molecule has 1 aliphatic rings. The van der Waals surface area contributed by atoms with Gasteiger partial charge in [-0.2, -0.15) is 0 Å². The molecule has 5 nitrogen and oxygen atoms in total. The van der Waals surface area contributed by atoms with E-state index in [1.54, 1.807) is 24.3 Å². The monoisotopic (exact) mass is 450 g/mol. The van der Waals surface area contributed by atoms with Crippen molar-refractivity contribution in [3.05, 3.63) is 96.1 Å². The summed E-state index contributed by atoms with van der Waals surface area (Å²) in [6.07, 6.45) is 0. The zero-order valence-electron chi connectivity index (χ0n) is 18.9. The highest BCUT2D eigenvalue weighted by molar-refractivity contribution is 6.58. The van der Waals surface area contributed by atoms with E-state index in [9.17, 15) is 20.1 Å². The van der Waals surface area contributed by atoms with Crippen LogP contribution in [0.1, 0.15) is 25.0 Å². The first kappa shape index (κ1) is 22.4. The number of hydrogen-bond acceptors (Lipinski definition) is 5. The standard InChI is InChI=1S/C27H24B2O5/c1-27(2)23-7-3-5-21(17-9-13-19(14-10-17)28(30)31)25(23)34-26-22(6-4-8-24(26)27)18-11-15-20(16-12-18)29(32)33/h3-16,30-33H,1-2H3. The zero-order valence-corrected chi connectivity index (χ0v) is 18.9. The molecule has 0 saturated heterocycles. The molecule has 5 rings (SSSR count). The van der Waals surface area contributed by atoms with Crippen LogP contribution in [0.15, 0.2) is 84.9 Å². The molecule has 0 spiro atoms. The fraction of sp³-hybridized carbons (Fsp3) is 0.111. The minimum atomic E-state index is -1.51. The van der Waals surface area contributed by atoms with Crippen LogP contribution in [-0.4, -0.2) is 34.3 Å². The van der Waals surface area contributed by atoms with Crippen LogP contribution in [0.4, 0.5) is 0 Å². The zero-order chi connectivity index (χ0) is 24.0. The molecule has 0 fully saturated rings. The second kappa shape index (κ2) is 8.46. The normalized spacial score (nSPS) is 13.5. The first-order valence-electron chi connectivity index (χ1n) is 11.1. The molecular formula is C27H24B2O5. The van der Waals surface area contributed by atoms with Gasteiger partial charge in [-0.25, -0.2) is 0 Å². The summed E-state index contributed by atoms with van der Waals surface area (Å²) in [5.74, 6) is 1.54. The van der Waals surface area contributed by atoms with Gasteiger partial charge in [0.1, 0.15) is 11.5 Å². The molecule has 4 aromatic carbocycles. The predicted molar refractivity (Wildman–Crippen MR) is 136 cm³/mol. The average molecular weight is 450 g/mol. The quantitative estimate of drug-likeness (QED) is 0.360. The second-order valence-electron chi connectivity index (χ2n) is 9.08. The van der Waals surface area contributed by atoms with Gasteiger partial charge in [0.25, 0.3) is 0 Å². The smallest absolute Gasteiger partial charge is 0.455 e. The lowest BCUT2D eigenvalue weighted by molar-refractivity contribution is 0.421. The molecule has 0 aliphatic carbocycles. The van der Waals surface area contributed by atoms with Crippen molar-refractivity contribution in [3.8, 4) is 33.8 Å². The van der Waals surface area contributed by atoms with E-state index in [1.807, 2.05) is 48.5 Å². The summed E-state index contributed by atoms with van der Waals surface area (Å²) in [4.78, 5) is 0. The number of benzene rings is 4. The molecule has 0 aromatic heterocycles. The van der Waals surface area contributed by atoms with Gasteiger partial charge in [0.2, 0.25) is 0 Å². The molecule has 0 radical (unpaired) electrons. The third kappa shape index (κ3) is 3.73. The molecule has 1 aliphatic heterocycles. The summed E-state index contributed by atoms with van der Waals surface area (Å²) in [5, 5.41) is 37.8. The van der Waals surface area contributed by atoms with E-state index >= 15 is 0 Å². The van der Waals surface area contributed by atoms with E-state index in [-0.39, 0.29) is 5.41 Å². The Morgan fingerprint density at radius 2 is 0.941 bits per heavy atom. The summed E-state index contributed by atoms with van der Waals surface area (Å²) in [6, 6.07) is 26.4. The van der Waals surface area contributed by atoms with Gasteiger partial charge in [-0.05, 0) is 22.1 Å². The lowest BCUT2D eigenvalue weighted by Crippen LogP contribution is -2.29. The fourth-order valence-corrected chi connectivity index (χ4v) is 4.65. The summed E-state index contributed by atoms with van der Waals surface area (Å²) in [7, 11) is -3.02. The fourth-order valence-electron chi connectivity index (χ4n) is 4.65. The predicted octanol–water partition coefficient (Wildman–Crippen LogP) is 2.81. The summed E-state index contributed by atoms with van der Waals surface area (Å²) in [5.41, 5.74) is 6.35. The Bertz CT molecular complexity index is 1240. The van der Waals surface area contributed by atoms with Crippen molar-refractivity contribution in [3.63, 3.8) is 0 Å². The molecule has 34 heavy (non-hydrogen) atoms. The van der Waals surface area contributed by atoms with Gasteiger partial charge in [0.05, 0.1) is 0 Å². The van der Waals surface area contributed by atoms with Gasteiger partial charge in [-0.15, -0.1) is 0 Å². The first-order valence-corrected chi connectivity index (χ1v) is 11.1. The molecule has 1 heterocycles. The van der Waals surface area contributed by atoms with Crippen molar-refractivity contribution in [2.24, 2.45) is 0 Å². The van der Waals surface area contributed by atoms with Crippen LogP contribution >= 0.6 is 0 Å². The Balaban J connectivity index is 1.64. The summed E-state index contributed by atoms with van der Waals surface area (Å²) >= 11 is 0. The van der Waals surface area contributed by atoms with Gasteiger partial charge >= 0.3 is 14.2 Å². The minimum absolute atomic E-state index is 0.322. The van der Waals surface area contributed by atoms with Crippen molar-refractivity contribution in [2.45, 2.75) is 19.3 Å².